The molecule has 0 aliphatic heterocycles. The topological polar surface area (TPSA) is 59.8 Å². The number of hydroxylamine groups is 2. The highest BCUT2D eigenvalue weighted by Crippen LogP contribution is 2.00. The minimum absolute atomic E-state index is 0.478. The first kappa shape index (κ1) is 13.8. The van der Waals surface area contributed by atoms with Crippen LogP contribution in [-0.2, 0) is 9.68 Å². The van der Waals surface area contributed by atoms with Crippen molar-refractivity contribution in [2.24, 2.45) is 5.73 Å². The van der Waals surface area contributed by atoms with Gasteiger partial charge in [-0.1, -0.05) is 12.2 Å². The Hall–Kier alpha value is -0.200. The molecule has 0 heterocycles. The molecule has 0 saturated heterocycles. The standard InChI is InChI=1S/C9H23N3O2/c1-4-9(11-7-6-10)5-8-12(13-2)14-3/h9,11H,4-8,10H2,1-3H3. The normalized spacial score (nSPS) is 13.5. The maximum atomic E-state index is 5.42. The third-order valence-corrected chi connectivity index (χ3v) is 2.14. The van der Waals surface area contributed by atoms with E-state index < -0.39 is 0 Å². The van der Waals surface area contributed by atoms with Crippen molar-refractivity contribution < 1.29 is 9.68 Å². The van der Waals surface area contributed by atoms with Gasteiger partial charge in [-0.25, -0.2) is 0 Å². The Morgan fingerprint density at radius 3 is 2.43 bits per heavy atom. The molecule has 5 nitrogen and oxygen atoms in total. The molecular formula is C9H23N3O2. The molecule has 0 aromatic rings. The van der Waals surface area contributed by atoms with Gasteiger partial charge in [0, 0.05) is 19.1 Å². The second kappa shape index (κ2) is 9.36. The SMILES string of the molecule is CCC(CCN(OC)OC)NCCN. The van der Waals surface area contributed by atoms with E-state index in [0.29, 0.717) is 12.6 Å². The van der Waals surface area contributed by atoms with Crippen molar-refractivity contribution in [3.8, 4) is 0 Å². The molecule has 1 atom stereocenters. The second-order valence-electron chi connectivity index (χ2n) is 3.06. The van der Waals surface area contributed by atoms with Gasteiger partial charge in [-0.05, 0) is 12.8 Å². The fraction of sp³-hybridized carbons (Fsp3) is 1.00. The van der Waals surface area contributed by atoms with Crippen molar-refractivity contribution in [1.29, 1.82) is 0 Å². The summed E-state index contributed by atoms with van der Waals surface area (Å²) in [6, 6.07) is 0.478. The Morgan fingerprint density at radius 2 is 2.00 bits per heavy atom. The number of hydrogen-bond donors (Lipinski definition) is 2. The Balaban J connectivity index is 3.59. The van der Waals surface area contributed by atoms with Gasteiger partial charge in [-0.2, -0.15) is 0 Å². The van der Waals surface area contributed by atoms with Crippen LogP contribution < -0.4 is 11.1 Å². The summed E-state index contributed by atoms with van der Waals surface area (Å²) in [6.45, 7) is 4.44. The molecule has 1 unspecified atom stereocenters. The van der Waals surface area contributed by atoms with E-state index in [2.05, 4.69) is 12.2 Å². The molecule has 3 N–H and O–H groups in total. The minimum atomic E-state index is 0.478. The van der Waals surface area contributed by atoms with Crippen LogP contribution in [0.1, 0.15) is 19.8 Å². The lowest BCUT2D eigenvalue weighted by Gasteiger charge is -2.21. The number of nitrogens with zero attached hydrogens (tertiary/aromatic N) is 1. The van der Waals surface area contributed by atoms with Crippen LogP contribution in [0.15, 0.2) is 0 Å². The molecule has 0 fully saturated rings. The summed E-state index contributed by atoms with van der Waals surface area (Å²) in [5, 5.41) is 4.82. The summed E-state index contributed by atoms with van der Waals surface area (Å²) in [4.78, 5) is 9.91. The van der Waals surface area contributed by atoms with Crippen molar-refractivity contribution in [1.82, 2.24) is 10.5 Å². The summed E-state index contributed by atoms with van der Waals surface area (Å²) in [5.41, 5.74) is 5.42. The van der Waals surface area contributed by atoms with Crippen LogP contribution in [0.25, 0.3) is 0 Å². The van der Waals surface area contributed by atoms with Gasteiger partial charge in [-0.3, -0.25) is 9.68 Å². The maximum Gasteiger partial charge on any atom is 0.0601 e. The highest BCUT2D eigenvalue weighted by Gasteiger charge is 2.08. The van der Waals surface area contributed by atoms with Gasteiger partial charge < -0.3 is 11.1 Å². The monoisotopic (exact) mass is 205 g/mol. The van der Waals surface area contributed by atoms with E-state index in [-0.39, 0.29) is 0 Å². The quantitative estimate of drug-likeness (QED) is 0.524. The van der Waals surface area contributed by atoms with Gasteiger partial charge in [0.25, 0.3) is 0 Å². The van der Waals surface area contributed by atoms with Crippen LogP contribution in [0.2, 0.25) is 0 Å². The van der Waals surface area contributed by atoms with E-state index in [0.717, 1.165) is 25.9 Å². The van der Waals surface area contributed by atoms with E-state index in [1.165, 1.54) is 5.23 Å². The van der Waals surface area contributed by atoms with E-state index in [4.69, 9.17) is 15.4 Å². The number of rotatable bonds is 9. The zero-order chi connectivity index (χ0) is 10.8. The molecule has 0 saturated carbocycles. The van der Waals surface area contributed by atoms with Gasteiger partial charge in [0.2, 0.25) is 0 Å². The maximum absolute atomic E-state index is 5.42. The first-order chi connectivity index (χ1) is 6.78. The van der Waals surface area contributed by atoms with E-state index in [1.807, 2.05) is 0 Å². The van der Waals surface area contributed by atoms with Crippen molar-refractivity contribution >= 4 is 0 Å². The summed E-state index contributed by atoms with van der Waals surface area (Å²) in [6.07, 6.45) is 2.07. The molecule has 0 radical (unpaired) electrons. The van der Waals surface area contributed by atoms with Crippen LogP contribution in [0.3, 0.4) is 0 Å². The van der Waals surface area contributed by atoms with Crippen molar-refractivity contribution in [3.63, 3.8) is 0 Å². The lowest BCUT2D eigenvalue weighted by atomic mass is 10.1. The molecule has 14 heavy (non-hydrogen) atoms. The van der Waals surface area contributed by atoms with Crippen LogP contribution in [-0.4, -0.2) is 45.1 Å². The highest BCUT2D eigenvalue weighted by atomic mass is 16.9. The molecule has 0 bridgehead atoms. The average molecular weight is 205 g/mol. The average Bonchev–Trinajstić information content (AvgIpc) is 2.23. The molecule has 0 aromatic carbocycles. The molecule has 0 spiro atoms. The number of nitrogens with one attached hydrogen (secondary N) is 1. The Labute approximate surface area is 86.4 Å². The first-order valence-corrected chi connectivity index (χ1v) is 5.07. The lowest BCUT2D eigenvalue weighted by molar-refractivity contribution is -0.343. The van der Waals surface area contributed by atoms with Crippen molar-refractivity contribution in [2.45, 2.75) is 25.8 Å². The third-order valence-electron chi connectivity index (χ3n) is 2.14. The van der Waals surface area contributed by atoms with Crippen LogP contribution >= 0.6 is 0 Å². The predicted octanol–water partition coefficient (Wildman–Crippen LogP) is 0.128. The highest BCUT2D eigenvalue weighted by molar-refractivity contribution is 4.65. The zero-order valence-corrected chi connectivity index (χ0v) is 9.45. The van der Waals surface area contributed by atoms with E-state index in [9.17, 15) is 0 Å². The van der Waals surface area contributed by atoms with E-state index >= 15 is 0 Å². The fourth-order valence-electron chi connectivity index (χ4n) is 1.26. The molecular weight excluding hydrogens is 182 g/mol. The Kier molecular flexibility index (Phi) is 9.23. The predicted molar refractivity (Wildman–Crippen MR) is 56.5 cm³/mol. The Morgan fingerprint density at radius 1 is 1.36 bits per heavy atom. The van der Waals surface area contributed by atoms with Gasteiger partial charge in [0.05, 0.1) is 20.8 Å². The van der Waals surface area contributed by atoms with Crippen LogP contribution in [0.5, 0.6) is 0 Å². The molecule has 0 aromatic heterocycles. The molecule has 0 aliphatic carbocycles. The van der Waals surface area contributed by atoms with Gasteiger partial charge in [0.1, 0.15) is 0 Å². The smallest absolute Gasteiger partial charge is 0.0601 e. The zero-order valence-electron chi connectivity index (χ0n) is 9.45. The molecule has 0 amide bonds. The number of hydrogen-bond acceptors (Lipinski definition) is 5. The molecule has 5 heteroatoms. The summed E-state index contributed by atoms with van der Waals surface area (Å²) in [5.74, 6) is 0. The lowest BCUT2D eigenvalue weighted by Crippen LogP contribution is -2.36. The Bertz CT molecular complexity index is 121. The second-order valence-corrected chi connectivity index (χ2v) is 3.06. The first-order valence-electron chi connectivity index (χ1n) is 5.07. The van der Waals surface area contributed by atoms with Gasteiger partial charge in [-0.15, -0.1) is 0 Å². The largest absolute Gasteiger partial charge is 0.329 e. The van der Waals surface area contributed by atoms with Crippen LogP contribution in [0.4, 0.5) is 0 Å². The van der Waals surface area contributed by atoms with Crippen LogP contribution in [0, 0.1) is 0 Å². The van der Waals surface area contributed by atoms with E-state index in [1.54, 1.807) is 14.2 Å². The van der Waals surface area contributed by atoms with Crippen molar-refractivity contribution in [3.05, 3.63) is 0 Å². The molecule has 0 aliphatic rings. The molecule has 86 valence electrons. The third kappa shape index (κ3) is 6.28. The minimum Gasteiger partial charge on any atom is -0.329 e. The summed E-state index contributed by atoms with van der Waals surface area (Å²) < 4.78 is 0. The van der Waals surface area contributed by atoms with Crippen molar-refractivity contribution in [2.75, 3.05) is 33.9 Å². The van der Waals surface area contributed by atoms with Gasteiger partial charge in [0.15, 0.2) is 0 Å². The summed E-state index contributed by atoms with van der Waals surface area (Å²) in [7, 11) is 3.19. The molecule has 0 rings (SSSR count). The fourth-order valence-corrected chi connectivity index (χ4v) is 1.26. The van der Waals surface area contributed by atoms with Gasteiger partial charge >= 0.3 is 0 Å². The number of nitrogens with two attached hydrogens (primary N) is 1. The summed E-state index contributed by atoms with van der Waals surface area (Å²) >= 11 is 0.